The van der Waals surface area contributed by atoms with Gasteiger partial charge in [0.2, 0.25) is 21.7 Å². The lowest BCUT2D eigenvalue weighted by Gasteiger charge is -2.31. The molecule has 0 spiro atoms. The number of likely N-dealkylation sites (tertiary alicyclic amines) is 1. The fourth-order valence-electron chi connectivity index (χ4n) is 3.22. The number of rotatable bonds is 6. The zero-order valence-electron chi connectivity index (χ0n) is 15.2. The molecule has 1 N–H and O–H groups in total. The van der Waals surface area contributed by atoms with Gasteiger partial charge in [-0.05, 0) is 37.1 Å². The van der Waals surface area contributed by atoms with Crippen LogP contribution in [0.2, 0.25) is 0 Å². The summed E-state index contributed by atoms with van der Waals surface area (Å²) in [6.45, 7) is 2.06. The third kappa shape index (κ3) is 4.44. The topological polar surface area (TPSA) is 101 Å². The Kier molecular flexibility index (Phi) is 5.47. The van der Waals surface area contributed by atoms with Crippen LogP contribution in [-0.4, -0.2) is 47.6 Å². The first kappa shape index (κ1) is 18.7. The molecule has 0 radical (unpaired) electrons. The predicted octanol–water partition coefficient (Wildman–Crippen LogP) is 2.07. The first-order valence-corrected chi connectivity index (χ1v) is 10.6. The highest BCUT2D eigenvalue weighted by atomic mass is 32.2. The molecule has 8 nitrogen and oxygen atoms in total. The Hall–Kier alpha value is -2.62. The normalized spacial score (nSPS) is 16.3. The number of hydrogen-bond donors (Lipinski definition) is 1. The molecule has 3 heterocycles. The van der Waals surface area contributed by atoms with Crippen LogP contribution in [0.15, 0.2) is 64.3 Å². The van der Waals surface area contributed by atoms with E-state index in [9.17, 15) is 8.42 Å². The van der Waals surface area contributed by atoms with Crippen LogP contribution in [-0.2, 0) is 16.6 Å². The lowest BCUT2D eigenvalue weighted by Crippen LogP contribution is -2.44. The molecule has 0 atom stereocenters. The molecule has 1 saturated heterocycles. The van der Waals surface area contributed by atoms with Crippen molar-refractivity contribution in [3.8, 4) is 11.4 Å². The molecule has 0 amide bonds. The number of nitrogens with zero attached hydrogens (tertiary/aromatic N) is 4. The molecule has 9 heteroatoms. The average Bonchev–Trinajstić information content (AvgIpc) is 3.19. The van der Waals surface area contributed by atoms with Crippen molar-refractivity contribution < 1.29 is 12.9 Å². The van der Waals surface area contributed by atoms with Crippen molar-refractivity contribution in [2.75, 3.05) is 13.1 Å². The smallest absolute Gasteiger partial charge is 0.241 e. The van der Waals surface area contributed by atoms with Crippen LogP contribution in [0.4, 0.5) is 0 Å². The van der Waals surface area contributed by atoms with Gasteiger partial charge in [0.15, 0.2) is 0 Å². The fourth-order valence-corrected chi connectivity index (χ4v) is 4.54. The van der Waals surface area contributed by atoms with Gasteiger partial charge in [0, 0.05) is 37.1 Å². The second kappa shape index (κ2) is 8.17. The lowest BCUT2D eigenvalue weighted by molar-refractivity contribution is 0.177. The second-order valence-electron chi connectivity index (χ2n) is 6.74. The Bertz CT molecular complexity index is 1000. The summed E-state index contributed by atoms with van der Waals surface area (Å²) in [5.74, 6) is 1.07. The van der Waals surface area contributed by atoms with Crippen LogP contribution < -0.4 is 4.72 Å². The Morgan fingerprint density at radius 2 is 1.89 bits per heavy atom. The summed E-state index contributed by atoms with van der Waals surface area (Å²) in [5.41, 5.74) is 0.812. The molecular formula is C19H21N5O3S. The first-order chi connectivity index (χ1) is 13.6. The van der Waals surface area contributed by atoms with Gasteiger partial charge in [-0.25, -0.2) is 13.1 Å². The third-order valence-electron chi connectivity index (χ3n) is 4.71. The SMILES string of the molecule is O=S(=O)(NC1CCN(Cc2nc(-c3cccnc3)no2)CC1)c1ccccc1. The van der Waals surface area contributed by atoms with Gasteiger partial charge in [0.25, 0.3) is 0 Å². The van der Waals surface area contributed by atoms with Crippen LogP contribution in [0.1, 0.15) is 18.7 Å². The molecule has 146 valence electrons. The van der Waals surface area contributed by atoms with Gasteiger partial charge in [-0.1, -0.05) is 23.4 Å². The van der Waals surface area contributed by atoms with Crippen molar-refractivity contribution in [1.82, 2.24) is 24.7 Å². The van der Waals surface area contributed by atoms with Crippen LogP contribution >= 0.6 is 0 Å². The maximum atomic E-state index is 12.4. The minimum Gasteiger partial charge on any atom is -0.338 e. The second-order valence-corrected chi connectivity index (χ2v) is 8.45. The maximum Gasteiger partial charge on any atom is 0.241 e. The van der Waals surface area contributed by atoms with E-state index < -0.39 is 10.0 Å². The molecule has 28 heavy (non-hydrogen) atoms. The number of hydrogen-bond acceptors (Lipinski definition) is 7. The molecule has 1 aliphatic rings. The van der Waals surface area contributed by atoms with E-state index in [1.54, 1.807) is 42.7 Å². The lowest BCUT2D eigenvalue weighted by atomic mass is 10.1. The van der Waals surface area contributed by atoms with Gasteiger partial charge in [0.1, 0.15) is 0 Å². The zero-order valence-corrected chi connectivity index (χ0v) is 16.0. The number of benzene rings is 1. The third-order valence-corrected chi connectivity index (χ3v) is 6.25. The summed E-state index contributed by atoms with van der Waals surface area (Å²) < 4.78 is 33.0. The first-order valence-electron chi connectivity index (χ1n) is 9.13. The Morgan fingerprint density at radius 1 is 1.11 bits per heavy atom. The molecule has 0 unspecified atom stereocenters. The van der Waals surface area contributed by atoms with Crippen molar-refractivity contribution in [2.45, 2.75) is 30.3 Å². The molecule has 0 saturated carbocycles. The van der Waals surface area contributed by atoms with E-state index in [1.165, 1.54) is 0 Å². The van der Waals surface area contributed by atoms with E-state index >= 15 is 0 Å². The van der Waals surface area contributed by atoms with E-state index in [0.29, 0.717) is 23.2 Å². The van der Waals surface area contributed by atoms with Crippen molar-refractivity contribution in [3.05, 3.63) is 60.7 Å². The Labute approximate surface area is 163 Å². The summed E-state index contributed by atoms with van der Waals surface area (Å²) in [5, 5.41) is 4.00. The van der Waals surface area contributed by atoms with E-state index in [1.807, 2.05) is 12.1 Å². The molecule has 0 bridgehead atoms. The van der Waals surface area contributed by atoms with E-state index in [2.05, 4.69) is 24.7 Å². The molecule has 4 rings (SSSR count). The van der Waals surface area contributed by atoms with Gasteiger partial charge in [-0.2, -0.15) is 4.98 Å². The van der Waals surface area contributed by atoms with Crippen molar-refractivity contribution in [2.24, 2.45) is 0 Å². The number of nitrogens with one attached hydrogen (secondary N) is 1. The standard InChI is InChI=1S/C19H21N5O3S/c25-28(26,17-6-2-1-3-7-17)23-16-8-11-24(12-9-16)14-18-21-19(22-27-18)15-5-4-10-20-13-15/h1-7,10,13,16,23H,8-9,11-12,14H2. The van der Waals surface area contributed by atoms with Gasteiger partial charge < -0.3 is 4.52 Å². The number of aromatic nitrogens is 3. The zero-order chi connectivity index (χ0) is 19.4. The van der Waals surface area contributed by atoms with Gasteiger partial charge >= 0.3 is 0 Å². The summed E-state index contributed by atoms with van der Waals surface area (Å²) in [4.78, 5) is 11.0. The summed E-state index contributed by atoms with van der Waals surface area (Å²) >= 11 is 0. The molecule has 3 aromatic rings. The number of sulfonamides is 1. The molecule has 0 aliphatic carbocycles. The Morgan fingerprint density at radius 3 is 2.61 bits per heavy atom. The molecule has 1 fully saturated rings. The van der Waals surface area contributed by atoms with Crippen LogP contribution in [0.3, 0.4) is 0 Å². The van der Waals surface area contributed by atoms with Crippen molar-refractivity contribution in [1.29, 1.82) is 0 Å². The number of pyridine rings is 1. The van der Waals surface area contributed by atoms with Crippen LogP contribution in [0, 0.1) is 0 Å². The fraction of sp³-hybridized carbons (Fsp3) is 0.316. The molecular weight excluding hydrogens is 378 g/mol. The van der Waals surface area contributed by atoms with Gasteiger partial charge in [0.05, 0.1) is 11.4 Å². The van der Waals surface area contributed by atoms with E-state index in [4.69, 9.17) is 4.52 Å². The summed E-state index contributed by atoms with van der Waals surface area (Å²) in [6, 6.07) is 12.1. The molecule has 1 aromatic carbocycles. The van der Waals surface area contributed by atoms with Gasteiger partial charge in [-0.15, -0.1) is 0 Å². The highest BCUT2D eigenvalue weighted by Gasteiger charge is 2.25. The average molecular weight is 399 g/mol. The van der Waals surface area contributed by atoms with Crippen LogP contribution in [0.5, 0.6) is 0 Å². The quantitative estimate of drug-likeness (QED) is 0.677. The Balaban J connectivity index is 1.31. The predicted molar refractivity (Wildman–Crippen MR) is 103 cm³/mol. The number of piperidine rings is 1. The molecule has 2 aromatic heterocycles. The molecule has 1 aliphatic heterocycles. The highest BCUT2D eigenvalue weighted by molar-refractivity contribution is 7.89. The highest BCUT2D eigenvalue weighted by Crippen LogP contribution is 2.18. The monoisotopic (exact) mass is 399 g/mol. The minimum atomic E-state index is -3.48. The van der Waals surface area contributed by atoms with E-state index in [0.717, 1.165) is 31.5 Å². The van der Waals surface area contributed by atoms with E-state index in [-0.39, 0.29) is 6.04 Å². The van der Waals surface area contributed by atoms with Crippen molar-refractivity contribution in [3.63, 3.8) is 0 Å². The summed E-state index contributed by atoms with van der Waals surface area (Å²) in [7, 11) is -3.48. The van der Waals surface area contributed by atoms with Crippen molar-refractivity contribution >= 4 is 10.0 Å². The minimum absolute atomic E-state index is 0.0740. The van der Waals surface area contributed by atoms with Gasteiger partial charge in [-0.3, -0.25) is 9.88 Å². The summed E-state index contributed by atoms with van der Waals surface area (Å²) in [6.07, 6.45) is 4.85. The maximum absolute atomic E-state index is 12.4. The van der Waals surface area contributed by atoms with Crippen LogP contribution in [0.25, 0.3) is 11.4 Å². The largest absolute Gasteiger partial charge is 0.338 e.